The second-order valence-electron chi connectivity index (χ2n) is 4.48. The van der Waals surface area contributed by atoms with Crippen molar-refractivity contribution in [2.24, 2.45) is 0 Å². The van der Waals surface area contributed by atoms with Crippen LogP contribution in [0.4, 0.5) is 0 Å². The number of halogens is 1. The van der Waals surface area contributed by atoms with E-state index in [0.717, 1.165) is 31.5 Å². The SMILES string of the molecule is OC1c2cccc(Cl)c2OC12CCNCC2. The average molecular weight is 240 g/mol. The molecule has 0 radical (unpaired) electrons. The van der Waals surface area contributed by atoms with Crippen LogP contribution in [0.15, 0.2) is 18.2 Å². The molecule has 2 N–H and O–H groups in total. The number of aliphatic hydroxyl groups excluding tert-OH is 1. The lowest BCUT2D eigenvalue weighted by Crippen LogP contribution is -2.47. The summed E-state index contributed by atoms with van der Waals surface area (Å²) in [5.74, 6) is 0.665. The molecule has 16 heavy (non-hydrogen) atoms. The van der Waals surface area contributed by atoms with Crippen molar-refractivity contribution in [2.75, 3.05) is 13.1 Å². The minimum atomic E-state index is -0.553. The zero-order valence-corrected chi connectivity index (χ0v) is 9.63. The molecule has 1 fully saturated rings. The van der Waals surface area contributed by atoms with Crippen molar-refractivity contribution in [1.29, 1.82) is 0 Å². The molecule has 0 amide bonds. The fraction of sp³-hybridized carbons (Fsp3) is 0.500. The van der Waals surface area contributed by atoms with Crippen molar-refractivity contribution in [3.63, 3.8) is 0 Å². The van der Waals surface area contributed by atoms with Gasteiger partial charge in [0, 0.05) is 18.4 Å². The molecule has 2 heterocycles. The van der Waals surface area contributed by atoms with Gasteiger partial charge in [-0.25, -0.2) is 0 Å². The quantitative estimate of drug-likeness (QED) is 0.727. The summed E-state index contributed by atoms with van der Waals surface area (Å²) in [6, 6.07) is 5.55. The predicted molar refractivity (Wildman–Crippen MR) is 61.9 cm³/mol. The third kappa shape index (κ3) is 1.35. The highest BCUT2D eigenvalue weighted by Crippen LogP contribution is 2.50. The van der Waals surface area contributed by atoms with E-state index in [1.54, 1.807) is 6.07 Å². The summed E-state index contributed by atoms with van der Waals surface area (Å²) >= 11 is 6.09. The third-order valence-electron chi connectivity index (χ3n) is 3.55. The van der Waals surface area contributed by atoms with Gasteiger partial charge >= 0.3 is 0 Å². The highest BCUT2D eigenvalue weighted by molar-refractivity contribution is 6.32. The second-order valence-corrected chi connectivity index (χ2v) is 4.88. The summed E-state index contributed by atoms with van der Waals surface area (Å²) in [7, 11) is 0. The number of benzene rings is 1. The second kappa shape index (κ2) is 3.62. The normalized spacial score (nSPS) is 26.5. The van der Waals surface area contributed by atoms with Crippen molar-refractivity contribution in [3.8, 4) is 5.75 Å². The van der Waals surface area contributed by atoms with E-state index in [0.29, 0.717) is 10.8 Å². The molecule has 0 aromatic heterocycles. The third-order valence-corrected chi connectivity index (χ3v) is 3.84. The number of piperidine rings is 1. The first-order valence-corrected chi connectivity index (χ1v) is 5.97. The van der Waals surface area contributed by atoms with E-state index < -0.39 is 11.7 Å². The van der Waals surface area contributed by atoms with Crippen LogP contribution in [0.1, 0.15) is 24.5 Å². The molecule has 86 valence electrons. The average Bonchev–Trinajstić information content (AvgIpc) is 2.57. The topological polar surface area (TPSA) is 41.5 Å². The van der Waals surface area contributed by atoms with Crippen molar-refractivity contribution in [3.05, 3.63) is 28.8 Å². The number of para-hydroxylation sites is 1. The number of rotatable bonds is 0. The number of hydrogen-bond donors (Lipinski definition) is 2. The summed E-state index contributed by atoms with van der Waals surface area (Å²) in [4.78, 5) is 0. The summed E-state index contributed by atoms with van der Waals surface area (Å²) in [6.45, 7) is 1.76. The van der Waals surface area contributed by atoms with Crippen LogP contribution in [-0.2, 0) is 0 Å². The fourth-order valence-corrected chi connectivity index (χ4v) is 2.84. The maximum absolute atomic E-state index is 10.4. The summed E-state index contributed by atoms with van der Waals surface area (Å²) in [6.07, 6.45) is 1.08. The van der Waals surface area contributed by atoms with Crippen molar-refractivity contribution >= 4 is 11.6 Å². The van der Waals surface area contributed by atoms with Gasteiger partial charge in [0.15, 0.2) is 0 Å². The van der Waals surface area contributed by atoms with E-state index in [-0.39, 0.29) is 0 Å². The molecule has 1 aromatic carbocycles. The molecule has 1 saturated heterocycles. The molecule has 1 atom stereocenters. The lowest BCUT2D eigenvalue weighted by atomic mass is 9.85. The molecular formula is C12H14ClNO2. The van der Waals surface area contributed by atoms with Crippen LogP contribution < -0.4 is 10.1 Å². The molecule has 2 aliphatic rings. The summed E-state index contributed by atoms with van der Waals surface area (Å²) in [5.41, 5.74) is 0.368. The first-order valence-electron chi connectivity index (χ1n) is 5.59. The van der Waals surface area contributed by atoms with Crippen molar-refractivity contribution < 1.29 is 9.84 Å². The molecule has 1 aromatic rings. The Labute approximate surface area is 99.4 Å². The fourth-order valence-electron chi connectivity index (χ4n) is 2.62. The highest BCUT2D eigenvalue weighted by Gasteiger charge is 2.48. The zero-order chi connectivity index (χ0) is 11.2. The first-order chi connectivity index (χ1) is 7.73. The van der Waals surface area contributed by atoms with E-state index in [1.807, 2.05) is 12.1 Å². The molecule has 0 bridgehead atoms. The van der Waals surface area contributed by atoms with Gasteiger partial charge in [-0.15, -0.1) is 0 Å². The van der Waals surface area contributed by atoms with Gasteiger partial charge in [-0.1, -0.05) is 23.7 Å². The molecule has 4 heteroatoms. The number of fused-ring (bicyclic) bond motifs is 1. The molecule has 3 rings (SSSR count). The van der Waals surface area contributed by atoms with Gasteiger partial charge in [0.05, 0.1) is 5.02 Å². The van der Waals surface area contributed by atoms with Crippen molar-refractivity contribution in [1.82, 2.24) is 5.32 Å². The lowest BCUT2D eigenvalue weighted by Gasteiger charge is -2.35. The molecule has 1 spiro atoms. The van der Waals surface area contributed by atoms with Crippen LogP contribution in [0.25, 0.3) is 0 Å². The Morgan fingerprint density at radius 3 is 2.81 bits per heavy atom. The molecule has 3 nitrogen and oxygen atoms in total. The molecule has 2 aliphatic heterocycles. The van der Waals surface area contributed by atoms with E-state index in [2.05, 4.69) is 5.32 Å². The van der Waals surface area contributed by atoms with Crippen LogP contribution in [-0.4, -0.2) is 23.8 Å². The minimum absolute atomic E-state index is 0.460. The summed E-state index contributed by atoms with van der Waals surface area (Å²) in [5, 5.41) is 14.2. The van der Waals surface area contributed by atoms with Crippen LogP contribution >= 0.6 is 11.6 Å². The first kappa shape index (κ1) is 10.4. The monoisotopic (exact) mass is 239 g/mol. The van der Waals surface area contributed by atoms with E-state index in [1.165, 1.54) is 0 Å². The Hall–Kier alpha value is -0.770. The smallest absolute Gasteiger partial charge is 0.144 e. The van der Waals surface area contributed by atoms with Crippen LogP contribution in [0.5, 0.6) is 5.75 Å². The van der Waals surface area contributed by atoms with E-state index in [4.69, 9.17) is 16.3 Å². The Balaban J connectivity index is 2.02. The number of hydrogen-bond acceptors (Lipinski definition) is 3. The number of ether oxygens (including phenoxy) is 1. The van der Waals surface area contributed by atoms with Gasteiger partial charge in [-0.2, -0.15) is 0 Å². The van der Waals surface area contributed by atoms with Gasteiger partial charge in [-0.3, -0.25) is 0 Å². The molecule has 0 saturated carbocycles. The van der Waals surface area contributed by atoms with E-state index in [9.17, 15) is 5.11 Å². The van der Waals surface area contributed by atoms with Gasteiger partial charge in [-0.05, 0) is 19.2 Å². The van der Waals surface area contributed by atoms with Gasteiger partial charge in [0.25, 0.3) is 0 Å². The van der Waals surface area contributed by atoms with Crippen molar-refractivity contribution in [2.45, 2.75) is 24.5 Å². The lowest BCUT2D eigenvalue weighted by molar-refractivity contribution is -0.0484. The van der Waals surface area contributed by atoms with E-state index >= 15 is 0 Å². The van der Waals surface area contributed by atoms with Gasteiger partial charge < -0.3 is 15.2 Å². The largest absolute Gasteiger partial charge is 0.482 e. The minimum Gasteiger partial charge on any atom is -0.482 e. The van der Waals surface area contributed by atoms with Gasteiger partial charge in [0.1, 0.15) is 17.5 Å². The Kier molecular flexibility index (Phi) is 2.35. The Morgan fingerprint density at radius 2 is 2.12 bits per heavy atom. The Bertz CT molecular complexity index is 415. The van der Waals surface area contributed by atoms with Crippen LogP contribution in [0.2, 0.25) is 5.02 Å². The zero-order valence-electron chi connectivity index (χ0n) is 8.87. The molecular weight excluding hydrogens is 226 g/mol. The molecule has 0 aliphatic carbocycles. The Morgan fingerprint density at radius 1 is 1.38 bits per heavy atom. The summed E-state index contributed by atoms with van der Waals surface area (Å²) < 4.78 is 5.96. The standard InChI is InChI=1S/C12H14ClNO2/c13-9-3-1-2-8-10(9)16-12(11(8)15)4-6-14-7-5-12/h1-3,11,14-15H,4-7H2. The highest BCUT2D eigenvalue weighted by atomic mass is 35.5. The predicted octanol–water partition coefficient (Wildman–Crippen LogP) is 1.89. The van der Waals surface area contributed by atoms with Crippen LogP contribution in [0, 0.1) is 0 Å². The maximum atomic E-state index is 10.4. The number of aliphatic hydroxyl groups is 1. The maximum Gasteiger partial charge on any atom is 0.144 e. The number of nitrogens with one attached hydrogen (secondary N) is 1. The van der Waals surface area contributed by atoms with Crippen LogP contribution in [0.3, 0.4) is 0 Å². The van der Waals surface area contributed by atoms with Gasteiger partial charge in [0.2, 0.25) is 0 Å². The molecule has 1 unspecified atom stereocenters.